The Kier molecular flexibility index (Phi) is 4.54. The molecule has 2 aromatic rings. The lowest BCUT2D eigenvalue weighted by Crippen LogP contribution is -2.42. The van der Waals surface area contributed by atoms with Gasteiger partial charge in [-0.15, -0.1) is 10.7 Å². The minimum Gasteiger partial charge on any atom is -0.212 e. The van der Waals surface area contributed by atoms with Gasteiger partial charge in [-0.05, 0) is 12.1 Å². The number of rotatable bonds is 4. The van der Waals surface area contributed by atoms with Crippen LogP contribution in [0.15, 0.2) is 35.2 Å². The Hall–Kier alpha value is -2.24. The molecule has 0 bridgehead atoms. The Morgan fingerprint density at radius 1 is 0.826 bits per heavy atom. The highest BCUT2D eigenvalue weighted by molar-refractivity contribution is 7.89. The number of benzene rings is 2. The quantitative estimate of drug-likeness (QED) is 0.397. The molecule has 2 rings (SSSR count). The van der Waals surface area contributed by atoms with E-state index in [4.69, 9.17) is 5.84 Å². The maximum absolute atomic E-state index is 13.5. The summed E-state index contributed by atoms with van der Waals surface area (Å²) in [4.78, 5) is -0.687. The molecule has 0 aliphatic heterocycles. The number of nitrogens with one attached hydrogen (secondary N) is 2. The molecule has 0 unspecified atom stereocenters. The second-order valence-corrected chi connectivity index (χ2v) is 5.76. The molecule has 2 aromatic carbocycles. The minimum atomic E-state index is -5.24. The van der Waals surface area contributed by atoms with E-state index in [1.165, 1.54) is 29.1 Å². The van der Waals surface area contributed by atoms with Crippen LogP contribution in [0, 0.1) is 29.1 Å². The highest BCUT2D eigenvalue weighted by atomic mass is 32.2. The SMILES string of the molecule is [NH]N(NS(=O)(=O)c1c(F)c(F)c(F)c(F)c1F)c1ccccc1. The zero-order valence-electron chi connectivity index (χ0n) is 10.9. The molecule has 0 saturated heterocycles. The van der Waals surface area contributed by atoms with Gasteiger partial charge < -0.3 is 0 Å². The number of para-hydroxylation sites is 1. The Balaban J connectivity index is 2.49. The molecule has 0 aromatic heterocycles. The van der Waals surface area contributed by atoms with Crippen molar-refractivity contribution in [2.75, 3.05) is 5.12 Å². The number of anilines is 1. The topological polar surface area (TPSA) is 73.2 Å². The first-order valence-corrected chi connectivity index (χ1v) is 7.25. The predicted molar refractivity (Wildman–Crippen MR) is 68.6 cm³/mol. The molecule has 0 spiro atoms. The molecule has 123 valence electrons. The Morgan fingerprint density at radius 3 is 1.74 bits per heavy atom. The summed E-state index contributed by atoms with van der Waals surface area (Å²) in [5, 5.41) is 0.105. The Morgan fingerprint density at radius 2 is 1.26 bits per heavy atom. The summed E-state index contributed by atoms with van der Waals surface area (Å²) in [6.07, 6.45) is 0. The van der Waals surface area contributed by atoms with Crippen molar-refractivity contribution in [3.8, 4) is 0 Å². The van der Waals surface area contributed by atoms with Crippen molar-refractivity contribution >= 4 is 15.7 Å². The zero-order chi connectivity index (χ0) is 17.4. The highest BCUT2D eigenvalue weighted by Crippen LogP contribution is 2.26. The first-order valence-electron chi connectivity index (χ1n) is 5.77. The molecule has 5 nitrogen and oxygen atoms in total. The summed E-state index contributed by atoms with van der Waals surface area (Å²) >= 11 is 0. The van der Waals surface area contributed by atoms with E-state index in [-0.39, 0.29) is 10.8 Å². The van der Waals surface area contributed by atoms with E-state index in [0.29, 0.717) is 0 Å². The normalized spacial score (nSPS) is 11.6. The van der Waals surface area contributed by atoms with Gasteiger partial charge in [-0.3, -0.25) is 0 Å². The van der Waals surface area contributed by atoms with Gasteiger partial charge in [-0.25, -0.2) is 35.5 Å². The van der Waals surface area contributed by atoms with Crippen molar-refractivity contribution in [3.05, 3.63) is 59.4 Å². The third kappa shape index (κ3) is 3.11. The molecule has 11 heteroatoms. The third-order valence-corrected chi connectivity index (χ3v) is 3.98. The summed E-state index contributed by atoms with van der Waals surface area (Å²) in [5.74, 6) is -4.88. The molecule has 0 saturated carbocycles. The standard InChI is InChI=1S/C12H7F5N3O2S/c13-7-8(14)10(16)12(11(17)9(7)15)23(21,22)19-20(18)6-4-2-1-3-5-6/h1-5,18-19H. The molecule has 0 heterocycles. The lowest BCUT2D eigenvalue weighted by atomic mass is 10.3. The van der Waals surface area contributed by atoms with Crippen LogP contribution in [0.5, 0.6) is 0 Å². The van der Waals surface area contributed by atoms with E-state index in [0.717, 1.165) is 0 Å². The Bertz CT molecular complexity index is 817. The number of halogens is 5. The second-order valence-electron chi connectivity index (χ2n) is 4.16. The highest BCUT2D eigenvalue weighted by Gasteiger charge is 2.34. The van der Waals surface area contributed by atoms with Gasteiger partial charge in [-0.2, -0.15) is 0 Å². The van der Waals surface area contributed by atoms with E-state index < -0.39 is 44.0 Å². The summed E-state index contributed by atoms with van der Waals surface area (Å²) < 4.78 is 89.9. The number of hydrogen-bond donors (Lipinski definition) is 1. The largest absolute Gasteiger partial charge is 0.264 e. The maximum atomic E-state index is 13.5. The summed E-state index contributed by atoms with van der Waals surface area (Å²) in [6.45, 7) is 0. The number of nitrogens with zero attached hydrogens (tertiary/aromatic N) is 1. The van der Waals surface area contributed by atoms with Gasteiger partial charge in [0.2, 0.25) is 5.82 Å². The monoisotopic (exact) mass is 352 g/mol. The number of sulfonamides is 1. The van der Waals surface area contributed by atoms with E-state index in [1.54, 1.807) is 6.07 Å². The van der Waals surface area contributed by atoms with Crippen LogP contribution in [0.3, 0.4) is 0 Å². The molecular weight excluding hydrogens is 345 g/mol. The van der Waals surface area contributed by atoms with Crippen LogP contribution in [0.2, 0.25) is 0 Å². The molecular formula is C12H7F5N3O2S. The van der Waals surface area contributed by atoms with Gasteiger partial charge in [-0.1, -0.05) is 18.2 Å². The van der Waals surface area contributed by atoms with Gasteiger partial charge in [0.15, 0.2) is 28.2 Å². The molecule has 0 fully saturated rings. The third-order valence-electron chi connectivity index (χ3n) is 2.66. The number of hydrazine groups is 1. The van der Waals surface area contributed by atoms with Crippen LogP contribution in [0.4, 0.5) is 27.6 Å². The molecule has 23 heavy (non-hydrogen) atoms. The van der Waals surface area contributed by atoms with E-state index >= 15 is 0 Å². The van der Waals surface area contributed by atoms with Crippen LogP contribution >= 0.6 is 0 Å². The van der Waals surface area contributed by atoms with Crippen LogP contribution in [0.25, 0.3) is 0 Å². The summed E-state index contributed by atoms with van der Waals surface area (Å²) in [5.41, 5.74) is -0.0556. The molecule has 0 amide bonds. The van der Waals surface area contributed by atoms with Gasteiger partial charge in [0.05, 0.1) is 5.69 Å². The minimum absolute atomic E-state index is 0.0556. The van der Waals surface area contributed by atoms with Gasteiger partial charge in [0, 0.05) is 0 Å². The fraction of sp³-hybridized carbons (Fsp3) is 0. The summed E-state index contributed by atoms with van der Waals surface area (Å²) in [7, 11) is -5.24. The fourth-order valence-electron chi connectivity index (χ4n) is 1.62. The average molecular weight is 352 g/mol. The van der Waals surface area contributed by atoms with Gasteiger partial charge in [0.25, 0.3) is 10.0 Å². The second kappa shape index (κ2) is 6.10. The van der Waals surface area contributed by atoms with Gasteiger partial charge >= 0.3 is 0 Å². The van der Waals surface area contributed by atoms with Crippen molar-refractivity contribution in [2.45, 2.75) is 4.90 Å². The van der Waals surface area contributed by atoms with Crippen molar-refractivity contribution in [2.24, 2.45) is 0 Å². The van der Waals surface area contributed by atoms with Crippen molar-refractivity contribution in [1.29, 1.82) is 0 Å². The van der Waals surface area contributed by atoms with E-state index in [2.05, 4.69) is 0 Å². The van der Waals surface area contributed by atoms with Crippen molar-refractivity contribution in [1.82, 2.24) is 10.7 Å². The lowest BCUT2D eigenvalue weighted by Gasteiger charge is -2.18. The van der Waals surface area contributed by atoms with Crippen molar-refractivity contribution < 1.29 is 30.4 Å². The molecule has 0 atom stereocenters. The average Bonchev–Trinajstić information content (AvgIpc) is 2.51. The van der Waals surface area contributed by atoms with Crippen LogP contribution < -0.4 is 15.8 Å². The molecule has 0 aliphatic carbocycles. The molecule has 1 radical (unpaired) electrons. The number of hydrogen-bond acceptors (Lipinski definition) is 3. The predicted octanol–water partition coefficient (Wildman–Crippen LogP) is 2.28. The molecule has 2 N–H and O–H groups in total. The first-order chi connectivity index (χ1) is 10.7. The first kappa shape index (κ1) is 17.1. The van der Waals surface area contributed by atoms with E-state index in [1.807, 2.05) is 0 Å². The van der Waals surface area contributed by atoms with Crippen LogP contribution in [-0.4, -0.2) is 8.42 Å². The van der Waals surface area contributed by atoms with Crippen molar-refractivity contribution in [3.63, 3.8) is 0 Å². The van der Waals surface area contributed by atoms with Crippen LogP contribution in [-0.2, 0) is 10.0 Å². The Labute approximate surface area is 127 Å². The maximum Gasteiger partial charge on any atom is 0.264 e. The van der Waals surface area contributed by atoms with E-state index in [9.17, 15) is 30.4 Å². The lowest BCUT2D eigenvalue weighted by molar-refractivity contribution is 0.357. The summed E-state index contributed by atoms with van der Waals surface area (Å²) in [6, 6.07) is 6.96. The molecule has 0 aliphatic rings. The zero-order valence-corrected chi connectivity index (χ0v) is 11.8. The van der Waals surface area contributed by atoms with Crippen LogP contribution in [0.1, 0.15) is 0 Å². The smallest absolute Gasteiger partial charge is 0.212 e. The fourth-order valence-corrected chi connectivity index (χ4v) is 2.70. The van der Waals surface area contributed by atoms with Gasteiger partial charge in [0.1, 0.15) is 0 Å².